The van der Waals surface area contributed by atoms with Gasteiger partial charge in [-0.15, -0.1) is 0 Å². The fourth-order valence-corrected chi connectivity index (χ4v) is 3.32. The third kappa shape index (κ3) is 4.07. The summed E-state index contributed by atoms with van der Waals surface area (Å²) < 4.78 is 37.9. The lowest BCUT2D eigenvalue weighted by Gasteiger charge is -2.08. The highest BCUT2D eigenvalue weighted by atomic mass is 32.2. The molecule has 1 N–H and O–H groups in total. The third-order valence-corrected chi connectivity index (χ3v) is 5.11. The number of hydrogen-bond acceptors (Lipinski definition) is 5. The van der Waals surface area contributed by atoms with E-state index in [0.717, 1.165) is 16.9 Å². The van der Waals surface area contributed by atoms with Crippen LogP contribution in [0.4, 0.5) is 0 Å². The number of nitrogens with zero attached hydrogens (tertiary/aromatic N) is 1. The van der Waals surface area contributed by atoms with E-state index in [0.29, 0.717) is 11.7 Å². The molecular weight excluding hydrogens is 340 g/mol. The van der Waals surface area contributed by atoms with Gasteiger partial charge in [0, 0.05) is 19.0 Å². The van der Waals surface area contributed by atoms with Crippen LogP contribution >= 0.6 is 0 Å². The molecule has 0 spiro atoms. The number of sulfonamides is 1. The number of hydrogen-bond donors (Lipinski definition) is 1. The molecule has 0 aliphatic rings. The van der Waals surface area contributed by atoms with Gasteiger partial charge >= 0.3 is 0 Å². The first-order chi connectivity index (χ1) is 12.0. The smallest absolute Gasteiger partial charge is 0.240 e. The van der Waals surface area contributed by atoms with Gasteiger partial charge in [0.25, 0.3) is 0 Å². The van der Waals surface area contributed by atoms with Gasteiger partial charge in [0.15, 0.2) is 11.7 Å². The largest absolute Gasteiger partial charge is 0.497 e. The Hall–Kier alpha value is -2.64. The molecule has 3 aromatic rings. The van der Waals surface area contributed by atoms with Gasteiger partial charge in [-0.1, -0.05) is 12.1 Å². The zero-order chi connectivity index (χ0) is 17.9. The second-order valence-electron chi connectivity index (χ2n) is 5.44. The Bertz CT molecular complexity index is 946. The SMILES string of the molecule is COc1ccc(CNS(=O)(=O)c2ccc(-c3cnc(C)o3)cc2)cc1. The van der Waals surface area contributed by atoms with Crippen molar-refractivity contribution in [3.05, 3.63) is 66.2 Å². The van der Waals surface area contributed by atoms with E-state index in [9.17, 15) is 8.42 Å². The van der Waals surface area contributed by atoms with Crippen molar-refractivity contribution in [3.63, 3.8) is 0 Å². The second kappa shape index (κ2) is 7.08. The quantitative estimate of drug-likeness (QED) is 0.732. The number of oxazole rings is 1. The average molecular weight is 358 g/mol. The van der Waals surface area contributed by atoms with Crippen LogP contribution in [0.1, 0.15) is 11.5 Å². The van der Waals surface area contributed by atoms with Crippen molar-refractivity contribution in [2.24, 2.45) is 0 Å². The first-order valence-electron chi connectivity index (χ1n) is 7.63. The van der Waals surface area contributed by atoms with Crippen LogP contribution < -0.4 is 9.46 Å². The topological polar surface area (TPSA) is 81.4 Å². The van der Waals surface area contributed by atoms with Crippen molar-refractivity contribution in [1.82, 2.24) is 9.71 Å². The minimum absolute atomic E-state index is 0.195. The van der Waals surface area contributed by atoms with E-state index < -0.39 is 10.0 Å². The zero-order valence-electron chi connectivity index (χ0n) is 13.9. The highest BCUT2D eigenvalue weighted by Crippen LogP contribution is 2.22. The molecule has 0 unspecified atom stereocenters. The number of aryl methyl sites for hydroxylation is 1. The monoisotopic (exact) mass is 358 g/mol. The summed E-state index contributed by atoms with van der Waals surface area (Å²) in [5, 5.41) is 0. The molecule has 0 saturated carbocycles. The molecule has 0 amide bonds. The maximum Gasteiger partial charge on any atom is 0.240 e. The summed E-state index contributed by atoms with van der Waals surface area (Å²) in [5.74, 6) is 1.89. The lowest BCUT2D eigenvalue weighted by atomic mass is 10.2. The third-order valence-electron chi connectivity index (χ3n) is 3.70. The summed E-state index contributed by atoms with van der Waals surface area (Å²) in [4.78, 5) is 4.23. The number of rotatable bonds is 6. The van der Waals surface area contributed by atoms with Crippen LogP contribution in [0, 0.1) is 6.92 Å². The Balaban J connectivity index is 1.70. The van der Waals surface area contributed by atoms with Crippen LogP contribution in [0.2, 0.25) is 0 Å². The summed E-state index contributed by atoms with van der Waals surface area (Å²) >= 11 is 0. The molecule has 0 radical (unpaired) electrons. The van der Waals surface area contributed by atoms with Crippen LogP contribution in [-0.2, 0) is 16.6 Å². The molecule has 3 rings (SSSR count). The van der Waals surface area contributed by atoms with Gasteiger partial charge in [0.2, 0.25) is 10.0 Å². The van der Waals surface area contributed by atoms with Gasteiger partial charge in [-0.05, 0) is 42.0 Å². The molecule has 0 aliphatic heterocycles. The molecule has 1 heterocycles. The first-order valence-corrected chi connectivity index (χ1v) is 9.12. The summed E-state index contributed by atoms with van der Waals surface area (Å²) in [7, 11) is -2.01. The van der Waals surface area contributed by atoms with Crippen molar-refractivity contribution in [1.29, 1.82) is 0 Å². The highest BCUT2D eigenvalue weighted by Gasteiger charge is 2.14. The van der Waals surface area contributed by atoms with Crippen LogP contribution in [0.15, 0.2) is 64.0 Å². The fourth-order valence-electron chi connectivity index (χ4n) is 2.30. The lowest BCUT2D eigenvalue weighted by Crippen LogP contribution is -2.23. The molecule has 6 nitrogen and oxygen atoms in total. The van der Waals surface area contributed by atoms with Crippen molar-refractivity contribution < 1.29 is 17.6 Å². The minimum atomic E-state index is -3.60. The molecule has 0 fully saturated rings. The highest BCUT2D eigenvalue weighted by molar-refractivity contribution is 7.89. The molecule has 0 atom stereocenters. The Morgan fingerprint density at radius 2 is 1.76 bits per heavy atom. The van der Waals surface area contributed by atoms with Crippen molar-refractivity contribution >= 4 is 10.0 Å². The summed E-state index contributed by atoms with van der Waals surface area (Å²) in [6, 6.07) is 13.7. The molecule has 7 heteroatoms. The van der Waals surface area contributed by atoms with Gasteiger partial charge in [-0.2, -0.15) is 0 Å². The van der Waals surface area contributed by atoms with E-state index in [-0.39, 0.29) is 11.4 Å². The Morgan fingerprint density at radius 1 is 1.08 bits per heavy atom. The molecule has 0 bridgehead atoms. The standard InChI is InChI=1S/C18H18N2O4S/c1-13-19-12-18(24-13)15-5-9-17(10-6-15)25(21,22)20-11-14-3-7-16(23-2)8-4-14/h3-10,12,20H,11H2,1-2H3. The molecule has 0 aliphatic carbocycles. The second-order valence-corrected chi connectivity index (χ2v) is 7.21. The Kier molecular flexibility index (Phi) is 4.87. The molecular formula is C18H18N2O4S. The van der Waals surface area contributed by atoms with Gasteiger partial charge in [0.05, 0.1) is 18.2 Å². The van der Waals surface area contributed by atoms with Crippen molar-refractivity contribution in [2.75, 3.05) is 7.11 Å². The van der Waals surface area contributed by atoms with Crippen molar-refractivity contribution in [3.8, 4) is 17.1 Å². The fraction of sp³-hybridized carbons (Fsp3) is 0.167. The minimum Gasteiger partial charge on any atom is -0.497 e. The maximum absolute atomic E-state index is 12.4. The number of aromatic nitrogens is 1. The van der Waals surface area contributed by atoms with Gasteiger partial charge in [0.1, 0.15) is 5.75 Å². The van der Waals surface area contributed by atoms with E-state index in [1.807, 2.05) is 12.1 Å². The van der Waals surface area contributed by atoms with E-state index in [2.05, 4.69) is 9.71 Å². The number of ether oxygens (including phenoxy) is 1. The van der Waals surface area contributed by atoms with Crippen LogP contribution in [0.25, 0.3) is 11.3 Å². The maximum atomic E-state index is 12.4. The van der Waals surface area contributed by atoms with E-state index in [4.69, 9.17) is 9.15 Å². The molecule has 25 heavy (non-hydrogen) atoms. The van der Waals surface area contributed by atoms with Crippen LogP contribution in [-0.4, -0.2) is 20.5 Å². The summed E-state index contributed by atoms with van der Waals surface area (Å²) in [5.41, 5.74) is 1.62. The average Bonchev–Trinajstić information content (AvgIpc) is 3.07. The van der Waals surface area contributed by atoms with Crippen LogP contribution in [0.5, 0.6) is 5.75 Å². The number of methoxy groups -OCH3 is 1. The van der Waals surface area contributed by atoms with E-state index in [1.165, 1.54) is 0 Å². The summed E-state index contributed by atoms with van der Waals surface area (Å²) in [6.07, 6.45) is 1.61. The Labute approximate surface area is 146 Å². The molecule has 2 aromatic carbocycles. The van der Waals surface area contributed by atoms with Gasteiger partial charge in [-0.3, -0.25) is 0 Å². The predicted octanol–water partition coefficient (Wildman–Crippen LogP) is 3.14. The number of benzene rings is 2. The van der Waals surface area contributed by atoms with Crippen molar-refractivity contribution in [2.45, 2.75) is 18.4 Å². The van der Waals surface area contributed by atoms with E-state index in [1.54, 1.807) is 56.6 Å². The first kappa shape index (κ1) is 17.2. The van der Waals surface area contributed by atoms with Gasteiger partial charge < -0.3 is 9.15 Å². The number of nitrogens with one attached hydrogen (secondary N) is 1. The van der Waals surface area contributed by atoms with Crippen LogP contribution in [0.3, 0.4) is 0 Å². The normalized spacial score (nSPS) is 11.4. The summed E-state index contributed by atoms with van der Waals surface area (Å²) in [6.45, 7) is 1.96. The van der Waals surface area contributed by atoms with E-state index >= 15 is 0 Å². The molecule has 1 aromatic heterocycles. The lowest BCUT2D eigenvalue weighted by molar-refractivity contribution is 0.414. The predicted molar refractivity (Wildman–Crippen MR) is 93.7 cm³/mol. The van der Waals surface area contributed by atoms with Gasteiger partial charge in [-0.25, -0.2) is 18.1 Å². The Morgan fingerprint density at radius 3 is 2.32 bits per heavy atom. The molecule has 0 saturated heterocycles. The zero-order valence-corrected chi connectivity index (χ0v) is 14.7. The molecule has 130 valence electrons.